The van der Waals surface area contributed by atoms with Crippen molar-refractivity contribution < 1.29 is 9.59 Å². The van der Waals surface area contributed by atoms with Crippen LogP contribution in [0.4, 0.5) is 5.82 Å². The molecule has 1 aromatic carbocycles. The monoisotopic (exact) mass is 363 g/mol. The van der Waals surface area contributed by atoms with Crippen LogP contribution in [-0.2, 0) is 9.59 Å². The number of hydrogen-bond acceptors (Lipinski definition) is 3. The Morgan fingerprint density at radius 3 is 2.52 bits per heavy atom. The normalized spacial score (nSPS) is 15.5. The number of likely N-dealkylation sites (tertiary alicyclic amines) is 1. The highest BCUT2D eigenvalue weighted by molar-refractivity contribution is 5.95. The highest BCUT2D eigenvalue weighted by Crippen LogP contribution is 2.21. The summed E-state index contributed by atoms with van der Waals surface area (Å²) in [6, 6.07) is 13.6. The number of hydrogen-bond donors (Lipinski definition) is 1. The Morgan fingerprint density at radius 2 is 1.85 bits per heavy atom. The molecular formula is C22H25N3O2. The fourth-order valence-corrected chi connectivity index (χ4v) is 3.26. The molecule has 2 amide bonds. The molecule has 1 aromatic heterocycles. The summed E-state index contributed by atoms with van der Waals surface area (Å²) in [5.74, 6) is 0.488. The number of carbonyl (C=O) groups excluding carboxylic acids is 2. The van der Waals surface area contributed by atoms with Gasteiger partial charge in [0.25, 0.3) is 0 Å². The molecule has 0 atom stereocenters. The summed E-state index contributed by atoms with van der Waals surface area (Å²) < 4.78 is 0. The van der Waals surface area contributed by atoms with Gasteiger partial charge in [-0.05, 0) is 55.5 Å². The fourth-order valence-electron chi connectivity index (χ4n) is 3.26. The maximum Gasteiger partial charge on any atom is 0.246 e. The molecule has 5 heteroatoms. The Labute approximate surface area is 160 Å². The molecule has 1 N–H and O–H groups in total. The van der Waals surface area contributed by atoms with Crippen LogP contribution >= 0.6 is 0 Å². The molecule has 0 aliphatic carbocycles. The lowest BCUT2D eigenvalue weighted by Gasteiger charge is -2.30. The average molecular weight is 363 g/mol. The van der Waals surface area contributed by atoms with Gasteiger partial charge in [-0.25, -0.2) is 4.98 Å². The van der Waals surface area contributed by atoms with E-state index in [2.05, 4.69) is 10.3 Å². The van der Waals surface area contributed by atoms with Crippen LogP contribution in [0, 0.1) is 12.8 Å². The van der Waals surface area contributed by atoms with Crippen molar-refractivity contribution in [1.82, 2.24) is 9.88 Å². The summed E-state index contributed by atoms with van der Waals surface area (Å²) >= 11 is 0. The van der Waals surface area contributed by atoms with Crippen LogP contribution in [0.1, 0.15) is 30.9 Å². The van der Waals surface area contributed by atoms with Gasteiger partial charge >= 0.3 is 0 Å². The number of rotatable bonds is 4. The molecule has 27 heavy (non-hydrogen) atoms. The molecule has 1 aliphatic rings. The number of pyridine rings is 1. The van der Waals surface area contributed by atoms with E-state index in [-0.39, 0.29) is 17.7 Å². The predicted molar refractivity (Wildman–Crippen MR) is 107 cm³/mol. The highest BCUT2D eigenvalue weighted by Gasteiger charge is 2.27. The molecule has 1 saturated heterocycles. The second-order valence-electron chi connectivity index (χ2n) is 7.00. The van der Waals surface area contributed by atoms with Crippen LogP contribution in [0.3, 0.4) is 0 Å². The smallest absolute Gasteiger partial charge is 0.246 e. The van der Waals surface area contributed by atoms with E-state index in [0.29, 0.717) is 31.7 Å². The summed E-state index contributed by atoms with van der Waals surface area (Å²) in [6.45, 7) is 5.10. The number of aryl methyl sites for hydroxylation is 1. The molecule has 2 aromatic rings. The van der Waals surface area contributed by atoms with E-state index in [4.69, 9.17) is 0 Å². The maximum atomic E-state index is 12.5. The average Bonchev–Trinajstić information content (AvgIpc) is 2.68. The standard InChI is InChI=1S/C22H25N3O2/c1-16-8-11-23-20(14-16)24-22(27)19-9-12-25(13-10-19)21(26)15-17(2)18-6-4-3-5-7-18/h3-8,11,14-15,19H,9-10,12-13H2,1-2H3,(H,23,24,27). The van der Waals surface area contributed by atoms with Crippen molar-refractivity contribution in [3.05, 3.63) is 65.9 Å². The first kappa shape index (κ1) is 18.8. The van der Waals surface area contributed by atoms with Gasteiger partial charge in [0.2, 0.25) is 11.8 Å². The lowest BCUT2D eigenvalue weighted by Crippen LogP contribution is -2.40. The first-order valence-electron chi connectivity index (χ1n) is 9.29. The molecular weight excluding hydrogens is 338 g/mol. The van der Waals surface area contributed by atoms with Crippen molar-refractivity contribution >= 4 is 23.2 Å². The van der Waals surface area contributed by atoms with Crippen molar-refractivity contribution in [3.8, 4) is 0 Å². The molecule has 1 fully saturated rings. The SMILES string of the molecule is CC(=CC(=O)N1CCC(C(=O)Nc2cc(C)ccn2)CC1)c1ccccc1. The van der Waals surface area contributed by atoms with E-state index in [9.17, 15) is 9.59 Å². The number of piperidine rings is 1. The maximum absolute atomic E-state index is 12.5. The van der Waals surface area contributed by atoms with E-state index >= 15 is 0 Å². The molecule has 1 aliphatic heterocycles. The van der Waals surface area contributed by atoms with Crippen molar-refractivity contribution in [2.24, 2.45) is 5.92 Å². The van der Waals surface area contributed by atoms with Gasteiger partial charge in [-0.15, -0.1) is 0 Å². The lowest BCUT2D eigenvalue weighted by atomic mass is 9.95. The Hall–Kier alpha value is -2.95. The predicted octanol–water partition coefficient (Wildman–Crippen LogP) is 3.67. The molecule has 0 spiro atoms. The van der Waals surface area contributed by atoms with E-state index in [0.717, 1.165) is 16.7 Å². The third kappa shape index (κ3) is 5.03. The first-order valence-corrected chi connectivity index (χ1v) is 9.29. The molecule has 2 heterocycles. The highest BCUT2D eigenvalue weighted by atomic mass is 16.2. The number of nitrogens with zero attached hydrogens (tertiary/aromatic N) is 2. The zero-order chi connectivity index (χ0) is 19.2. The van der Waals surface area contributed by atoms with Gasteiger partial charge in [0, 0.05) is 31.3 Å². The van der Waals surface area contributed by atoms with Gasteiger partial charge in [-0.3, -0.25) is 9.59 Å². The molecule has 0 radical (unpaired) electrons. The quantitative estimate of drug-likeness (QED) is 0.843. The topological polar surface area (TPSA) is 62.3 Å². The molecule has 3 rings (SSSR count). The third-order valence-corrected chi connectivity index (χ3v) is 4.91. The number of benzene rings is 1. The largest absolute Gasteiger partial charge is 0.339 e. The van der Waals surface area contributed by atoms with Crippen LogP contribution in [-0.4, -0.2) is 34.8 Å². The van der Waals surface area contributed by atoms with Gasteiger partial charge in [-0.1, -0.05) is 30.3 Å². The third-order valence-electron chi connectivity index (χ3n) is 4.91. The van der Waals surface area contributed by atoms with Gasteiger partial charge in [0.05, 0.1) is 0 Å². The van der Waals surface area contributed by atoms with Crippen molar-refractivity contribution in [2.75, 3.05) is 18.4 Å². The van der Waals surface area contributed by atoms with Crippen molar-refractivity contribution in [3.63, 3.8) is 0 Å². The van der Waals surface area contributed by atoms with Crippen molar-refractivity contribution in [2.45, 2.75) is 26.7 Å². The second-order valence-corrected chi connectivity index (χ2v) is 7.00. The zero-order valence-corrected chi connectivity index (χ0v) is 15.8. The van der Waals surface area contributed by atoms with Crippen LogP contribution < -0.4 is 5.32 Å². The minimum absolute atomic E-state index is 0.00978. The van der Waals surface area contributed by atoms with E-state index < -0.39 is 0 Å². The van der Waals surface area contributed by atoms with Gasteiger partial charge in [-0.2, -0.15) is 0 Å². The first-order chi connectivity index (χ1) is 13.0. The summed E-state index contributed by atoms with van der Waals surface area (Å²) in [5.41, 5.74) is 3.05. The molecule has 5 nitrogen and oxygen atoms in total. The Kier molecular flexibility index (Phi) is 6.01. The van der Waals surface area contributed by atoms with Gasteiger partial charge in [0.15, 0.2) is 0 Å². The Morgan fingerprint density at radius 1 is 1.15 bits per heavy atom. The number of allylic oxidation sites excluding steroid dienone is 1. The van der Waals surface area contributed by atoms with Crippen LogP contribution in [0.2, 0.25) is 0 Å². The van der Waals surface area contributed by atoms with Gasteiger partial charge < -0.3 is 10.2 Å². The fraction of sp³-hybridized carbons (Fsp3) is 0.318. The number of carbonyl (C=O) groups is 2. The zero-order valence-electron chi connectivity index (χ0n) is 15.8. The van der Waals surface area contributed by atoms with Gasteiger partial charge in [0.1, 0.15) is 5.82 Å². The summed E-state index contributed by atoms with van der Waals surface area (Å²) in [4.78, 5) is 31.0. The summed E-state index contributed by atoms with van der Waals surface area (Å²) in [5, 5.41) is 2.88. The summed E-state index contributed by atoms with van der Waals surface area (Å²) in [7, 11) is 0. The molecule has 0 unspecified atom stereocenters. The van der Waals surface area contributed by atoms with Crippen LogP contribution in [0.5, 0.6) is 0 Å². The van der Waals surface area contributed by atoms with Crippen LogP contribution in [0.25, 0.3) is 5.57 Å². The number of aromatic nitrogens is 1. The number of nitrogens with one attached hydrogen (secondary N) is 1. The molecule has 0 saturated carbocycles. The lowest BCUT2D eigenvalue weighted by molar-refractivity contribution is -0.130. The summed E-state index contributed by atoms with van der Waals surface area (Å²) in [6.07, 6.45) is 4.71. The van der Waals surface area contributed by atoms with Crippen molar-refractivity contribution in [1.29, 1.82) is 0 Å². The number of amides is 2. The minimum atomic E-state index is -0.0874. The van der Waals surface area contributed by atoms with Crippen LogP contribution in [0.15, 0.2) is 54.7 Å². The second kappa shape index (κ2) is 8.62. The Bertz CT molecular complexity index is 838. The Balaban J connectivity index is 1.53. The molecule has 0 bridgehead atoms. The van der Waals surface area contributed by atoms with E-state index in [1.54, 1.807) is 12.3 Å². The van der Waals surface area contributed by atoms with E-state index in [1.165, 1.54) is 0 Å². The minimum Gasteiger partial charge on any atom is -0.339 e. The number of anilines is 1. The van der Waals surface area contributed by atoms with E-state index in [1.807, 2.05) is 61.2 Å². The molecule has 140 valence electrons.